The van der Waals surface area contributed by atoms with Gasteiger partial charge in [-0.25, -0.2) is 8.42 Å². The molecular formula is C13H25N3O4S2. The number of amides is 1. The van der Waals surface area contributed by atoms with Crippen molar-refractivity contribution in [1.29, 1.82) is 0 Å². The zero-order chi connectivity index (χ0) is 16.2. The minimum Gasteiger partial charge on any atom is -0.378 e. The summed E-state index contributed by atoms with van der Waals surface area (Å²) in [5.41, 5.74) is 0. The number of hydrogen-bond donors (Lipinski definition) is 1. The van der Waals surface area contributed by atoms with E-state index in [9.17, 15) is 13.2 Å². The van der Waals surface area contributed by atoms with Gasteiger partial charge in [0.15, 0.2) is 0 Å². The molecule has 0 radical (unpaired) electrons. The van der Waals surface area contributed by atoms with Crippen molar-refractivity contribution >= 4 is 27.7 Å². The summed E-state index contributed by atoms with van der Waals surface area (Å²) in [7, 11) is -3.30. The van der Waals surface area contributed by atoms with E-state index in [-0.39, 0.29) is 30.4 Å². The van der Waals surface area contributed by atoms with Crippen molar-refractivity contribution in [3.63, 3.8) is 0 Å². The SMILES string of the molecule is CC(C)OCCS(=O)(=O)N1CCN(C(=O)C2CSCN2)CC1. The second kappa shape index (κ2) is 7.96. The molecule has 22 heavy (non-hydrogen) atoms. The molecule has 0 aliphatic carbocycles. The molecule has 9 heteroatoms. The molecule has 1 N–H and O–H groups in total. The van der Waals surface area contributed by atoms with Crippen LogP contribution < -0.4 is 5.32 Å². The molecule has 0 saturated carbocycles. The smallest absolute Gasteiger partial charge is 0.240 e. The van der Waals surface area contributed by atoms with Crippen molar-refractivity contribution in [3.05, 3.63) is 0 Å². The summed E-state index contributed by atoms with van der Waals surface area (Å²) in [4.78, 5) is 14.0. The topological polar surface area (TPSA) is 79.0 Å². The van der Waals surface area contributed by atoms with Gasteiger partial charge in [0.1, 0.15) is 0 Å². The van der Waals surface area contributed by atoms with Crippen LogP contribution in [0.5, 0.6) is 0 Å². The predicted octanol–water partition coefficient (Wildman–Crippen LogP) is -0.452. The van der Waals surface area contributed by atoms with Crippen LogP contribution in [0.2, 0.25) is 0 Å². The van der Waals surface area contributed by atoms with Crippen molar-refractivity contribution < 1.29 is 17.9 Å². The molecule has 7 nitrogen and oxygen atoms in total. The Morgan fingerprint density at radius 1 is 1.32 bits per heavy atom. The molecule has 2 rings (SSSR count). The number of carbonyl (C=O) groups is 1. The number of ether oxygens (including phenoxy) is 1. The minimum absolute atomic E-state index is 0.0000526. The lowest BCUT2D eigenvalue weighted by Crippen LogP contribution is -2.55. The van der Waals surface area contributed by atoms with E-state index in [1.165, 1.54) is 4.31 Å². The number of carbonyl (C=O) groups excluding carboxylic acids is 1. The summed E-state index contributed by atoms with van der Waals surface area (Å²) in [6, 6.07) is -0.118. The molecule has 2 fully saturated rings. The Morgan fingerprint density at radius 2 is 2.00 bits per heavy atom. The van der Waals surface area contributed by atoms with Crippen LogP contribution in [-0.2, 0) is 19.6 Å². The number of sulfonamides is 1. The maximum Gasteiger partial charge on any atom is 0.240 e. The number of piperazine rings is 1. The fourth-order valence-electron chi connectivity index (χ4n) is 2.48. The first-order chi connectivity index (χ1) is 10.4. The molecule has 0 spiro atoms. The van der Waals surface area contributed by atoms with Crippen LogP contribution in [0, 0.1) is 0 Å². The molecule has 0 aromatic heterocycles. The summed E-state index contributed by atoms with van der Waals surface area (Å²) in [6.07, 6.45) is 0.0291. The van der Waals surface area contributed by atoms with Gasteiger partial charge >= 0.3 is 0 Å². The van der Waals surface area contributed by atoms with Crippen molar-refractivity contribution in [1.82, 2.24) is 14.5 Å². The standard InChI is InChI=1S/C13H25N3O4S2/c1-11(2)20-7-8-22(18,19)16-5-3-15(4-6-16)13(17)12-9-21-10-14-12/h11-12,14H,3-10H2,1-2H3. The van der Waals surface area contributed by atoms with Gasteiger partial charge < -0.3 is 9.64 Å². The monoisotopic (exact) mass is 351 g/mol. The van der Waals surface area contributed by atoms with E-state index in [4.69, 9.17) is 4.74 Å². The van der Waals surface area contributed by atoms with Gasteiger partial charge in [0.05, 0.1) is 24.5 Å². The summed E-state index contributed by atoms with van der Waals surface area (Å²) >= 11 is 1.71. The van der Waals surface area contributed by atoms with Gasteiger partial charge in [-0.1, -0.05) is 0 Å². The Hall–Kier alpha value is -0.350. The van der Waals surface area contributed by atoms with Crippen LogP contribution in [0.15, 0.2) is 0 Å². The normalized spacial score (nSPS) is 24.1. The third-order valence-corrected chi connectivity index (χ3v) is 6.52. The Morgan fingerprint density at radius 3 is 2.55 bits per heavy atom. The first-order valence-corrected chi connectivity index (χ1v) is 10.4. The van der Waals surface area contributed by atoms with Gasteiger partial charge in [0.25, 0.3) is 0 Å². The van der Waals surface area contributed by atoms with E-state index in [1.54, 1.807) is 16.7 Å². The highest BCUT2D eigenvalue weighted by molar-refractivity contribution is 7.99. The predicted molar refractivity (Wildman–Crippen MR) is 87.3 cm³/mol. The van der Waals surface area contributed by atoms with Crippen LogP contribution in [0.1, 0.15) is 13.8 Å². The third kappa shape index (κ3) is 4.82. The van der Waals surface area contributed by atoms with Crippen LogP contribution in [0.4, 0.5) is 0 Å². The molecule has 2 aliphatic heterocycles. The molecule has 0 aromatic rings. The lowest BCUT2D eigenvalue weighted by atomic mass is 10.2. The highest BCUT2D eigenvalue weighted by atomic mass is 32.2. The van der Waals surface area contributed by atoms with E-state index < -0.39 is 10.0 Å². The molecule has 2 saturated heterocycles. The second-order valence-corrected chi connectivity index (χ2v) is 8.85. The van der Waals surface area contributed by atoms with Crippen molar-refractivity contribution in [2.75, 3.05) is 50.2 Å². The molecule has 128 valence electrons. The van der Waals surface area contributed by atoms with Crippen LogP contribution in [0.3, 0.4) is 0 Å². The number of thioether (sulfide) groups is 1. The first kappa shape index (κ1) is 18.0. The Balaban J connectivity index is 1.79. The minimum atomic E-state index is -3.30. The van der Waals surface area contributed by atoms with Gasteiger partial charge in [0.2, 0.25) is 15.9 Å². The summed E-state index contributed by atoms with van der Waals surface area (Å²) in [5.74, 6) is 1.69. The molecule has 0 aromatic carbocycles. The average Bonchev–Trinajstić information content (AvgIpc) is 3.00. The quantitative estimate of drug-likeness (QED) is 0.698. The van der Waals surface area contributed by atoms with Gasteiger partial charge in [-0.3, -0.25) is 10.1 Å². The molecule has 0 bridgehead atoms. The van der Waals surface area contributed by atoms with E-state index in [0.717, 1.165) is 11.6 Å². The second-order valence-electron chi connectivity index (χ2n) is 5.73. The number of hydrogen-bond acceptors (Lipinski definition) is 6. The van der Waals surface area contributed by atoms with Crippen molar-refractivity contribution in [2.24, 2.45) is 0 Å². The highest BCUT2D eigenvalue weighted by Crippen LogP contribution is 2.14. The van der Waals surface area contributed by atoms with Gasteiger partial charge in [-0.15, -0.1) is 11.8 Å². The summed E-state index contributed by atoms with van der Waals surface area (Å²) in [5, 5.41) is 3.16. The van der Waals surface area contributed by atoms with E-state index in [2.05, 4.69) is 5.32 Å². The van der Waals surface area contributed by atoms with E-state index in [1.807, 2.05) is 13.8 Å². The third-order valence-electron chi connectivity index (χ3n) is 3.75. The summed E-state index contributed by atoms with van der Waals surface area (Å²) in [6.45, 7) is 5.64. The highest BCUT2D eigenvalue weighted by Gasteiger charge is 2.32. The maximum absolute atomic E-state index is 12.3. The fraction of sp³-hybridized carbons (Fsp3) is 0.923. The van der Waals surface area contributed by atoms with Crippen molar-refractivity contribution in [2.45, 2.75) is 26.0 Å². The number of rotatable bonds is 6. The Bertz CT molecular complexity index is 470. The first-order valence-electron chi connectivity index (χ1n) is 7.59. The Kier molecular flexibility index (Phi) is 6.51. The maximum atomic E-state index is 12.3. The van der Waals surface area contributed by atoms with Gasteiger partial charge in [-0.05, 0) is 13.8 Å². The van der Waals surface area contributed by atoms with E-state index in [0.29, 0.717) is 26.2 Å². The zero-order valence-corrected chi connectivity index (χ0v) is 14.8. The van der Waals surface area contributed by atoms with Crippen LogP contribution in [-0.4, -0.2) is 85.8 Å². The lowest BCUT2D eigenvalue weighted by Gasteiger charge is -2.35. The molecule has 1 amide bonds. The Labute approximate surface area is 136 Å². The average molecular weight is 351 g/mol. The molecule has 1 atom stereocenters. The zero-order valence-electron chi connectivity index (χ0n) is 13.2. The largest absolute Gasteiger partial charge is 0.378 e. The molecule has 1 unspecified atom stereocenters. The number of nitrogens with one attached hydrogen (secondary N) is 1. The summed E-state index contributed by atoms with van der Waals surface area (Å²) < 4.78 is 31.2. The van der Waals surface area contributed by atoms with Crippen molar-refractivity contribution in [3.8, 4) is 0 Å². The number of nitrogens with zero attached hydrogens (tertiary/aromatic N) is 2. The van der Waals surface area contributed by atoms with E-state index >= 15 is 0 Å². The molecular weight excluding hydrogens is 326 g/mol. The van der Waals surface area contributed by atoms with Crippen LogP contribution >= 0.6 is 11.8 Å². The van der Waals surface area contributed by atoms with Crippen LogP contribution in [0.25, 0.3) is 0 Å². The molecule has 2 aliphatic rings. The van der Waals surface area contributed by atoms with Gasteiger partial charge in [-0.2, -0.15) is 4.31 Å². The molecule has 2 heterocycles. The lowest BCUT2D eigenvalue weighted by molar-refractivity contribution is -0.133. The van der Waals surface area contributed by atoms with Gasteiger partial charge in [0, 0.05) is 37.8 Å². The fourth-order valence-corrected chi connectivity index (χ4v) is 4.70.